The lowest BCUT2D eigenvalue weighted by molar-refractivity contribution is -0.142. The van der Waals surface area contributed by atoms with Gasteiger partial charge in [0.2, 0.25) is 11.8 Å². The molecule has 2 saturated carbocycles. The van der Waals surface area contributed by atoms with Crippen LogP contribution in [0.25, 0.3) is 0 Å². The molecule has 0 aromatic rings. The molecule has 0 aromatic carbocycles. The second kappa shape index (κ2) is 10.9. The summed E-state index contributed by atoms with van der Waals surface area (Å²) in [6.07, 6.45) is 14.4. The average molecular weight is 474 g/mol. The van der Waals surface area contributed by atoms with Crippen LogP contribution >= 0.6 is 0 Å². The molecule has 0 bridgehead atoms. The molecular weight excluding hydrogens is 434 g/mol. The molecule has 0 radical (unpaired) electrons. The van der Waals surface area contributed by atoms with Gasteiger partial charge in [0.25, 0.3) is 0 Å². The molecule has 1 saturated heterocycles. The quantitative estimate of drug-likeness (QED) is 0.484. The van der Waals surface area contributed by atoms with E-state index in [1.807, 2.05) is 6.92 Å². The molecule has 34 heavy (non-hydrogen) atoms. The number of alkyl carbamates (subject to hydrolysis) is 1. The number of hydrogen-bond acceptors (Lipinski definition) is 5. The number of amides is 3. The van der Waals surface area contributed by atoms with Gasteiger partial charge in [-0.05, 0) is 70.1 Å². The summed E-state index contributed by atoms with van der Waals surface area (Å²) in [5.41, 5.74) is -0.878. The number of nitrogens with zero attached hydrogens (tertiary/aromatic N) is 1. The van der Waals surface area contributed by atoms with Crippen LogP contribution in [0.5, 0.6) is 0 Å². The zero-order valence-electron chi connectivity index (χ0n) is 20.3. The van der Waals surface area contributed by atoms with Gasteiger partial charge in [-0.25, -0.2) is 4.79 Å². The molecule has 2 aliphatic carbocycles. The minimum absolute atomic E-state index is 0.00169. The molecule has 2 aliphatic heterocycles. The van der Waals surface area contributed by atoms with Crippen molar-refractivity contribution in [1.82, 2.24) is 15.5 Å². The minimum Gasteiger partial charge on any atom is -0.446 e. The van der Waals surface area contributed by atoms with Gasteiger partial charge in [-0.15, -0.1) is 0 Å². The molecule has 4 aliphatic rings. The average Bonchev–Trinajstić information content (AvgIpc) is 3.45. The summed E-state index contributed by atoms with van der Waals surface area (Å²) >= 11 is 0. The van der Waals surface area contributed by atoms with Gasteiger partial charge in [0, 0.05) is 12.5 Å². The number of hydrogen-bond donors (Lipinski definition) is 2. The van der Waals surface area contributed by atoms with E-state index in [0.29, 0.717) is 25.8 Å². The van der Waals surface area contributed by atoms with Crippen LogP contribution in [0, 0.1) is 11.8 Å². The summed E-state index contributed by atoms with van der Waals surface area (Å²) in [4.78, 5) is 53.2. The third kappa shape index (κ3) is 5.47. The fraction of sp³-hybridized carbons (Fsp3) is 0.769. The fourth-order valence-electron chi connectivity index (χ4n) is 5.91. The Labute approximate surface area is 202 Å². The Bertz CT molecular complexity index is 808. The predicted molar refractivity (Wildman–Crippen MR) is 127 cm³/mol. The van der Waals surface area contributed by atoms with Gasteiger partial charge in [-0.3, -0.25) is 9.59 Å². The van der Waals surface area contributed by atoms with Crippen molar-refractivity contribution in [3.8, 4) is 0 Å². The molecule has 0 aromatic heterocycles. The maximum Gasteiger partial charge on any atom is 0.408 e. The Morgan fingerprint density at radius 1 is 1.15 bits per heavy atom. The van der Waals surface area contributed by atoms with E-state index in [1.165, 1.54) is 0 Å². The van der Waals surface area contributed by atoms with E-state index >= 15 is 0 Å². The van der Waals surface area contributed by atoms with E-state index in [9.17, 15) is 19.2 Å². The van der Waals surface area contributed by atoms with Crippen molar-refractivity contribution >= 4 is 24.2 Å². The number of ether oxygens (including phenoxy) is 1. The molecule has 3 amide bonds. The normalized spacial score (nSPS) is 36.2. The number of rotatable bonds is 3. The van der Waals surface area contributed by atoms with Gasteiger partial charge in [-0.1, -0.05) is 31.9 Å². The van der Waals surface area contributed by atoms with E-state index < -0.39 is 23.7 Å². The third-order valence-electron chi connectivity index (χ3n) is 8.09. The Morgan fingerprint density at radius 2 is 1.91 bits per heavy atom. The lowest BCUT2D eigenvalue weighted by atomic mass is 9.67. The summed E-state index contributed by atoms with van der Waals surface area (Å²) in [6.45, 7) is 2.48. The maximum atomic E-state index is 13.6. The molecule has 8 nitrogen and oxygen atoms in total. The molecule has 2 heterocycles. The number of fused-ring (bicyclic) bond motifs is 2. The Kier molecular flexibility index (Phi) is 7.94. The van der Waals surface area contributed by atoms with Crippen LogP contribution in [0.1, 0.15) is 84.0 Å². The van der Waals surface area contributed by atoms with Crippen molar-refractivity contribution in [3.05, 3.63) is 12.2 Å². The first kappa shape index (κ1) is 24.7. The lowest BCUT2D eigenvalue weighted by Gasteiger charge is -2.45. The number of carbonyl (C=O) groups excluding carboxylic acids is 4. The Balaban J connectivity index is 1.51. The number of carbonyl (C=O) groups is 4. The van der Waals surface area contributed by atoms with Gasteiger partial charge in [0.15, 0.2) is 0 Å². The second-order valence-corrected chi connectivity index (χ2v) is 10.7. The molecule has 0 spiro atoms. The predicted octanol–water partition coefficient (Wildman–Crippen LogP) is 3.25. The molecule has 188 valence electrons. The van der Waals surface area contributed by atoms with Crippen LogP contribution < -0.4 is 10.6 Å². The van der Waals surface area contributed by atoms with Crippen molar-refractivity contribution in [2.24, 2.45) is 11.8 Å². The van der Waals surface area contributed by atoms with Crippen LogP contribution in [0.3, 0.4) is 0 Å². The molecule has 2 N–H and O–H groups in total. The minimum atomic E-state index is -0.878. The second-order valence-electron chi connectivity index (χ2n) is 10.7. The summed E-state index contributed by atoms with van der Waals surface area (Å²) in [6, 6.07) is -1.35. The molecule has 8 heteroatoms. The highest BCUT2D eigenvalue weighted by atomic mass is 16.6. The summed E-state index contributed by atoms with van der Waals surface area (Å²) in [5.74, 6) is -0.341. The molecule has 4 rings (SSSR count). The van der Waals surface area contributed by atoms with E-state index in [1.54, 1.807) is 4.90 Å². The molecular formula is C26H39N3O5. The van der Waals surface area contributed by atoms with Gasteiger partial charge < -0.3 is 25.1 Å². The van der Waals surface area contributed by atoms with E-state index in [2.05, 4.69) is 22.8 Å². The topological polar surface area (TPSA) is 105 Å². The van der Waals surface area contributed by atoms with Crippen LogP contribution in [0.15, 0.2) is 12.2 Å². The number of allylic oxidation sites excluding steroid dienone is 1. The fourth-order valence-corrected chi connectivity index (χ4v) is 5.91. The van der Waals surface area contributed by atoms with Crippen molar-refractivity contribution in [3.63, 3.8) is 0 Å². The van der Waals surface area contributed by atoms with Gasteiger partial charge >= 0.3 is 6.09 Å². The highest BCUT2D eigenvalue weighted by Gasteiger charge is 2.49. The van der Waals surface area contributed by atoms with Gasteiger partial charge in [0.1, 0.15) is 30.0 Å². The first-order valence-corrected chi connectivity index (χ1v) is 13.1. The Morgan fingerprint density at radius 3 is 2.62 bits per heavy atom. The van der Waals surface area contributed by atoms with E-state index in [0.717, 1.165) is 64.1 Å². The summed E-state index contributed by atoms with van der Waals surface area (Å²) in [7, 11) is 0. The van der Waals surface area contributed by atoms with E-state index in [-0.39, 0.29) is 29.8 Å². The Hall–Kier alpha value is -2.38. The van der Waals surface area contributed by atoms with Crippen molar-refractivity contribution in [1.29, 1.82) is 0 Å². The standard InChI is InChI=1S/C26H39N3O5/c1-18-15-22-23(31)28-26(17-30)14-13-19(26)9-5-3-2-4-6-12-21(24(32)29(22)16-18)27-25(33)34-20-10-7-8-11-20/h5,9,17-22H,2-4,6-8,10-16H2,1H3,(H,27,33)(H,28,31)/b9-5-. The first-order chi connectivity index (χ1) is 16.4. The van der Waals surface area contributed by atoms with Crippen LogP contribution in [-0.4, -0.2) is 59.4 Å². The van der Waals surface area contributed by atoms with Gasteiger partial charge in [-0.2, -0.15) is 0 Å². The van der Waals surface area contributed by atoms with E-state index in [4.69, 9.17) is 4.74 Å². The maximum absolute atomic E-state index is 13.6. The van der Waals surface area contributed by atoms with Crippen molar-refractivity contribution in [2.75, 3.05) is 6.54 Å². The molecule has 5 atom stereocenters. The monoisotopic (exact) mass is 473 g/mol. The number of nitrogens with one attached hydrogen (secondary N) is 2. The van der Waals surface area contributed by atoms with Crippen LogP contribution in [0.4, 0.5) is 4.79 Å². The van der Waals surface area contributed by atoms with Crippen molar-refractivity contribution < 1.29 is 23.9 Å². The summed E-state index contributed by atoms with van der Waals surface area (Å²) < 4.78 is 5.55. The SMILES string of the molecule is CC1CC2C(=O)NC3(C=O)CCC3/C=C\CCCCCC(NC(=O)OC3CCCC3)C(=O)N2C1. The lowest BCUT2D eigenvalue weighted by Crippen LogP contribution is -2.64. The highest BCUT2D eigenvalue weighted by molar-refractivity contribution is 5.93. The smallest absolute Gasteiger partial charge is 0.408 e. The number of aldehydes is 1. The largest absolute Gasteiger partial charge is 0.446 e. The molecule has 3 fully saturated rings. The zero-order chi connectivity index (χ0) is 24.1. The zero-order valence-corrected chi connectivity index (χ0v) is 20.3. The van der Waals surface area contributed by atoms with Crippen LogP contribution in [0.2, 0.25) is 0 Å². The third-order valence-corrected chi connectivity index (χ3v) is 8.09. The van der Waals surface area contributed by atoms with Gasteiger partial charge in [0.05, 0.1) is 0 Å². The highest BCUT2D eigenvalue weighted by Crippen LogP contribution is 2.39. The van der Waals surface area contributed by atoms with Crippen molar-refractivity contribution in [2.45, 2.75) is 108 Å². The van der Waals surface area contributed by atoms with Crippen LogP contribution in [-0.2, 0) is 19.1 Å². The summed E-state index contributed by atoms with van der Waals surface area (Å²) in [5, 5.41) is 5.82. The molecule has 5 unspecified atom stereocenters. The first-order valence-electron chi connectivity index (χ1n) is 13.1.